The second kappa shape index (κ2) is 61.6. The van der Waals surface area contributed by atoms with Gasteiger partial charge < -0.3 is 33.8 Å². The molecule has 17 nitrogen and oxygen atoms in total. The lowest BCUT2D eigenvalue weighted by Gasteiger charge is -2.21. The minimum absolute atomic E-state index is 0.102. The molecule has 0 saturated heterocycles. The summed E-state index contributed by atoms with van der Waals surface area (Å²) in [6.07, 6.45) is 44.5. The molecule has 0 amide bonds. The molecule has 0 fully saturated rings. The Morgan fingerprint density at radius 3 is 0.780 bits per heavy atom. The highest BCUT2D eigenvalue weighted by Gasteiger charge is 2.30. The Bertz CT molecular complexity index is 1800. The van der Waals surface area contributed by atoms with Gasteiger partial charge in [0, 0.05) is 25.7 Å². The fraction of sp³-hybridized carbons (Fsp3) is 0.944. The van der Waals surface area contributed by atoms with Crippen molar-refractivity contribution in [2.24, 2.45) is 23.7 Å². The van der Waals surface area contributed by atoms with Crippen molar-refractivity contribution < 1.29 is 80.2 Å². The molecule has 0 aliphatic heterocycles. The van der Waals surface area contributed by atoms with Crippen LogP contribution in [0, 0.1) is 23.7 Å². The topological polar surface area (TPSA) is 237 Å². The summed E-state index contributed by atoms with van der Waals surface area (Å²) >= 11 is 0. The highest BCUT2D eigenvalue weighted by Crippen LogP contribution is 2.45. The van der Waals surface area contributed by atoms with Crippen molar-refractivity contribution in [1.29, 1.82) is 0 Å². The van der Waals surface area contributed by atoms with Crippen LogP contribution in [0.15, 0.2) is 0 Å². The summed E-state index contributed by atoms with van der Waals surface area (Å²) in [5.41, 5.74) is 0. The highest BCUT2D eigenvalue weighted by atomic mass is 31.2. The number of phosphoric acid groups is 2. The van der Waals surface area contributed by atoms with Gasteiger partial charge in [0.05, 0.1) is 26.4 Å². The maximum atomic E-state index is 13.0. The van der Waals surface area contributed by atoms with E-state index in [1.54, 1.807) is 0 Å². The molecule has 91 heavy (non-hydrogen) atoms. The molecule has 3 N–H and O–H groups in total. The van der Waals surface area contributed by atoms with E-state index in [-0.39, 0.29) is 25.7 Å². The number of rotatable bonds is 69. The number of carbonyl (C=O) groups excluding carboxylic acids is 4. The Morgan fingerprint density at radius 2 is 0.527 bits per heavy atom. The molecule has 19 heteroatoms. The molecule has 0 spiro atoms. The Hall–Kier alpha value is -1.94. The van der Waals surface area contributed by atoms with E-state index in [4.69, 9.17) is 37.0 Å². The molecule has 0 saturated carbocycles. The molecular formula is C72H140O17P2. The zero-order chi connectivity index (χ0) is 67.5. The zero-order valence-corrected chi connectivity index (χ0v) is 61.3. The molecule has 0 rings (SSSR count). The predicted molar refractivity (Wildman–Crippen MR) is 367 cm³/mol. The molecule has 0 heterocycles. The lowest BCUT2D eigenvalue weighted by atomic mass is 10.00. The third-order valence-corrected chi connectivity index (χ3v) is 19.2. The number of phosphoric ester groups is 2. The van der Waals surface area contributed by atoms with Crippen LogP contribution in [0.1, 0.15) is 357 Å². The van der Waals surface area contributed by atoms with Crippen LogP contribution >= 0.6 is 15.6 Å². The molecule has 0 bridgehead atoms. The number of ether oxygens (including phenoxy) is 4. The highest BCUT2D eigenvalue weighted by molar-refractivity contribution is 7.47. The summed E-state index contributed by atoms with van der Waals surface area (Å²) in [5, 5.41) is 10.6. The van der Waals surface area contributed by atoms with E-state index in [9.17, 15) is 43.2 Å². The first-order valence-corrected chi connectivity index (χ1v) is 40.3. The van der Waals surface area contributed by atoms with Gasteiger partial charge in [0.25, 0.3) is 0 Å². The van der Waals surface area contributed by atoms with Gasteiger partial charge in [-0.25, -0.2) is 9.13 Å². The second-order valence-electron chi connectivity index (χ2n) is 27.4. The number of esters is 4. The van der Waals surface area contributed by atoms with Gasteiger partial charge in [-0.15, -0.1) is 0 Å². The van der Waals surface area contributed by atoms with Crippen LogP contribution in [0.3, 0.4) is 0 Å². The SMILES string of the molecule is CCC(C)CCCCCCCCC(=O)OC[C@H](COP(=O)(O)OC[C@H](O)COP(=O)(O)OC[C@@H](COC(=O)CCCCCCCCCCCCCC(C)C)OC(=O)CCCCCCCCC(C)CC)OC(=O)CCCCCCCCCCCCCCCCC(C)C. The van der Waals surface area contributed by atoms with Gasteiger partial charge in [-0.3, -0.25) is 37.3 Å². The number of unbranched alkanes of at least 4 members (excludes halogenated alkanes) is 33. The molecule has 0 radical (unpaired) electrons. The van der Waals surface area contributed by atoms with Crippen molar-refractivity contribution >= 4 is 39.5 Å². The van der Waals surface area contributed by atoms with Gasteiger partial charge in [-0.2, -0.15) is 0 Å². The molecule has 0 aromatic rings. The number of hydrogen-bond donors (Lipinski definition) is 3. The fourth-order valence-electron chi connectivity index (χ4n) is 10.8. The van der Waals surface area contributed by atoms with Gasteiger partial charge in [-0.1, -0.05) is 306 Å². The molecular weight excluding hydrogens is 1200 g/mol. The average molecular weight is 1340 g/mol. The summed E-state index contributed by atoms with van der Waals surface area (Å²) in [5.74, 6) is 0.887. The van der Waals surface area contributed by atoms with E-state index in [0.717, 1.165) is 120 Å². The van der Waals surface area contributed by atoms with Gasteiger partial charge in [0.15, 0.2) is 12.2 Å². The molecule has 0 aliphatic rings. The van der Waals surface area contributed by atoms with Crippen LogP contribution in [0.4, 0.5) is 0 Å². The Balaban J connectivity index is 5.23. The van der Waals surface area contributed by atoms with Crippen LogP contribution in [-0.2, 0) is 65.4 Å². The standard InChI is InChI=1S/C72H140O17P2/c1-9-64(7)50-42-34-28-30-37-45-53-70(75)83-59-67(88-71(76)54-46-38-27-23-18-14-12-11-13-16-20-24-32-40-48-62(3)4)60-86-90(78,79)84-56-66(73)57-85-91(80,81)87-61-68(89-72(77)55-47-39-31-29-35-43-51-65(8)10-2)58-82-69(74)52-44-36-26-22-19-15-17-21-25-33-41-49-63(5)6/h62-68,73H,9-61H2,1-8H3,(H,78,79)(H,80,81)/t64?,65?,66-,67+,68+/m0/s1. The van der Waals surface area contributed by atoms with Crippen molar-refractivity contribution in [3.05, 3.63) is 0 Å². The van der Waals surface area contributed by atoms with E-state index in [1.165, 1.54) is 154 Å². The van der Waals surface area contributed by atoms with Gasteiger partial charge in [-0.05, 0) is 49.4 Å². The Kier molecular flexibility index (Phi) is 60.3. The predicted octanol–water partition coefficient (Wildman–Crippen LogP) is 20.5. The first-order chi connectivity index (χ1) is 43.7. The lowest BCUT2D eigenvalue weighted by Crippen LogP contribution is -2.30. The van der Waals surface area contributed by atoms with Crippen molar-refractivity contribution in [2.45, 2.75) is 375 Å². The van der Waals surface area contributed by atoms with Crippen LogP contribution in [0.5, 0.6) is 0 Å². The minimum atomic E-state index is -4.95. The van der Waals surface area contributed by atoms with Crippen molar-refractivity contribution in [1.82, 2.24) is 0 Å². The zero-order valence-electron chi connectivity index (χ0n) is 59.5. The van der Waals surface area contributed by atoms with Crippen molar-refractivity contribution in [2.75, 3.05) is 39.6 Å². The first-order valence-electron chi connectivity index (χ1n) is 37.3. The molecule has 7 atom stereocenters. The molecule has 0 aromatic carbocycles. The number of carbonyl (C=O) groups is 4. The second-order valence-corrected chi connectivity index (χ2v) is 30.3. The third kappa shape index (κ3) is 63.9. The summed E-state index contributed by atoms with van der Waals surface area (Å²) in [6.45, 7) is 14.1. The fourth-order valence-corrected chi connectivity index (χ4v) is 12.4. The molecule has 4 unspecified atom stereocenters. The average Bonchev–Trinajstić information content (AvgIpc) is 2.17. The maximum Gasteiger partial charge on any atom is 0.472 e. The number of hydrogen-bond acceptors (Lipinski definition) is 15. The molecule has 540 valence electrons. The summed E-state index contributed by atoms with van der Waals surface area (Å²) < 4.78 is 68.3. The van der Waals surface area contributed by atoms with Crippen LogP contribution in [0.25, 0.3) is 0 Å². The van der Waals surface area contributed by atoms with Crippen LogP contribution in [-0.4, -0.2) is 96.7 Å². The van der Waals surface area contributed by atoms with E-state index >= 15 is 0 Å². The third-order valence-electron chi connectivity index (χ3n) is 17.3. The summed E-state index contributed by atoms with van der Waals surface area (Å²) in [7, 11) is -9.91. The van der Waals surface area contributed by atoms with E-state index < -0.39 is 97.5 Å². The van der Waals surface area contributed by atoms with E-state index in [2.05, 4.69) is 55.4 Å². The van der Waals surface area contributed by atoms with Gasteiger partial charge in [0.1, 0.15) is 19.3 Å². The van der Waals surface area contributed by atoms with Crippen LogP contribution in [0.2, 0.25) is 0 Å². The Morgan fingerprint density at radius 1 is 0.308 bits per heavy atom. The summed E-state index contributed by atoms with van der Waals surface area (Å²) in [6, 6.07) is 0. The van der Waals surface area contributed by atoms with Crippen LogP contribution < -0.4 is 0 Å². The lowest BCUT2D eigenvalue weighted by molar-refractivity contribution is -0.161. The summed E-state index contributed by atoms with van der Waals surface area (Å²) in [4.78, 5) is 72.6. The van der Waals surface area contributed by atoms with Gasteiger partial charge >= 0.3 is 39.5 Å². The largest absolute Gasteiger partial charge is 0.472 e. The monoisotopic (exact) mass is 1340 g/mol. The van der Waals surface area contributed by atoms with E-state index in [1.807, 2.05) is 0 Å². The normalized spacial score (nSPS) is 14.8. The first kappa shape index (κ1) is 89.1. The molecule has 0 aliphatic carbocycles. The minimum Gasteiger partial charge on any atom is -0.462 e. The number of aliphatic hydroxyl groups excluding tert-OH is 1. The van der Waals surface area contributed by atoms with Gasteiger partial charge in [0.2, 0.25) is 0 Å². The van der Waals surface area contributed by atoms with Crippen molar-refractivity contribution in [3.8, 4) is 0 Å². The molecule has 0 aromatic heterocycles. The smallest absolute Gasteiger partial charge is 0.462 e. The Labute approximate surface area is 556 Å². The number of aliphatic hydroxyl groups is 1. The maximum absolute atomic E-state index is 13.0. The van der Waals surface area contributed by atoms with Crippen molar-refractivity contribution in [3.63, 3.8) is 0 Å². The quantitative estimate of drug-likeness (QED) is 0.0222. The van der Waals surface area contributed by atoms with E-state index in [0.29, 0.717) is 25.7 Å².